The lowest BCUT2D eigenvalue weighted by Crippen LogP contribution is -2.22. The van der Waals surface area contributed by atoms with Gasteiger partial charge in [0.05, 0.1) is 7.11 Å². The van der Waals surface area contributed by atoms with Crippen molar-refractivity contribution in [3.63, 3.8) is 0 Å². The lowest BCUT2D eigenvalue weighted by Gasteiger charge is -2.16. The maximum absolute atomic E-state index is 5.97. The number of methoxy groups -OCH3 is 1. The van der Waals surface area contributed by atoms with Gasteiger partial charge >= 0.3 is 0 Å². The van der Waals surface area contributed by atoms with Crippen LogP contribution in [0.15, 0.2) is 30.6 Å². The monoisotopic (exact) mass is 289 g/mol. The normalized spacial score (nSPS) is 10.9. The number of benzene rings is 1. The first-order valence-corrected chi connectivity index (χ1v) is 7.10. The summed E-state index contributed by atoms with van der Waals surface area (Å²) >= 11 is 0. The molecule has 5 nitrogen and oxygen atoms in total. The molecule has 21 heavy (non-hydrogen) atoms. The Morgan fingerprint density at radius 2 is 2.14 bits per heavy atom. The number of hydrogen-bond acceptors (Lipinski definition) is 4. The highest BCUT2D eigenvalue weighted by molar-refractivity contribution is 5.46. The highest BCUT2D eigenvalue weighted by Gasteiger charge is 2.12. The number of rotatable bonds is 7. The van der Waals surface area contributed by atoms with Gasteiger partial charge in [0, 0.05) is 37.6 Å². The molecule has 0 radical (unpaired) electrons. The van der Waals surface area contributed by atoms with Crippen LogP contribution in [-0.2, 0) is 20.2 Å². The maximum atomic E-state index is 5.97. The molecule has 114 valence electrons. The molecule has 5 heteroatoms. The van der Waals surface area contributed by atoms with Gasteiger partial charge in [-0.15, -0.1) is 0 Å². The first-order valence-electron chi connectivity index (χ1n) is 7.10. The number of para-hydroxylation sites is 1. The third-order valence-corrected chi connectivity index (χ3v) is 3.25. The van der Waals surface area contributed by atoms with Gasteiger partial charge in [-0.05, 0) is 6.07 Å². The van der Waals surface area contributed by atoms with E-state index in [0.717, 1.165) is 29.4 Å². The zero-order valence-corrected chi connectivity index (χ0v) is 13.1. The Morgan fingerprint density at radius 3 is 2.76 bits per heavy atom. The van der Waals surface area contributed by atoms with Crippen molar-refractivity contribution in [3.8, 4) is 11.5 Å². The first kappa shape index (κ1) is 15.4. The molecule has 1 heterocycles. The molecule has 0 fully saturated rings. The average molecular weight is 289 g/mol. The minimum Gasteiger partial charge on any atom is -0.493 e. The van der Waals surface area contributed by atoms with E-state index in [9.17, 15) is 0 Å². The zero-order valence-electron chi connectivity index (χ0n) is 13.1. The second-order valence-electron chi connectivity index (χ2n) is 5.23. The van der Waals surface area contributed by atoms with Crippen molar-refractivity contribution in [3.05, 3.63) is 42.0 Å². The fourth-order valence-corrected chi connectivity index (χ4v) is 2.01. The molecule has 1 N–H and O–H groups in total. The van der Waals surface area contributed by atoms with E-state index in [0.29, 0.717) is 12.6 Å². The van der Waals surface area contributed by atoms with Crippen LogP contribution in [0.2, 0.25) is 0 Å². The standard InChI is InChI=1S/C16H23N3O2/c1-12(2)18-10-13-6-5-7-14(20-4)16(13)21-11-15-17-8-9-19(15)3/h5-9,12,18H,10-11H2,1-4H3. The Labute approximate surface area is 125 Å². The molecule has 2 rings (SSSR count). The third kappa shape index (κ3) is 3.98. The summed E-state index contributed by atoms with van der Waals surface area (Å²) in [5.41, 5.74) is 1.08. The van der Waals surface area contributed by atoms with Gasteiger partial charge in [0.2, 0.25) is 0 Å². The molecule has 0 aliphatic carbocycles. The molecule has 0 spiro atoms. The minimum atomic E-state index is 0.415. The van der Waals surface area contributed by atoms with Gasteiger partial charge in [-0.2, -0.15) is 0 Å². The van der Waals surface area contributed by atoms with Gasteiger partial charge in [0.1, 0.15) is 12.4 Å². The second-order valence-corrected chi connectivity index (χ2v) is 5.23. The van der Waals surface area contributed by atoms with E-state index in [1.807, 2.05) is 36.0 Å². The minimum absolute atomic E-state index is 0.415. The SMILES string of the molecule is COc1cccc(CNC(C)C)c1OCc1nccn1C. The van der Waals surface area contributed by atoms with Crippen LogP contribution < -0.4 is 14.8 Å². The Morgan fingerprint density at radius 1 is 1.33 bits per heavy atom. The van der Waals surface area contributed by atoms with E-state index in [-0.39, 0.29) is 0 Å². The van der Waals surface area contributed by atoms with Gasteiger partial charge in [-0.3, -0.25) is 0 Å². The topological polar surface area (TPSA) is 48.3 Å². The van der Waals surface area contributed by atoms with Gasteiger partial charge < -0.3 is 19.4 Å². The molecular weight excluding hydrogens is 266 g/mol. The van der Waals surface area contributed by atoms with E-state index in [4.69, 9.17) is 9.47 Å². The summed E-state index contributed by atoms with van der Waals surface area (Å²) in [7, 11) is 3.61. The number of aryl methyl sites for hydroxylation is 1. The van der Waals surface area contributed by atoms with Crippen LogP contribution in [0.4, 0.5) is 0 Å². The highest BCUT2D eigenvalue weighted by atomic mass is 16.5. The Kier molecular flexibility index (Phi) is 5.22. The Balaban J connectivity index is 2.16. The number of aromatic nitrogens is 2. The molecule has 0 atom stereocenters. The van der Waals surface area contributed by atoms with E-state index in [1.54, 1.807) is 13.3 Å². The molecule has 0 saturated carbocycles. The van der Waals surface area contributed by atoms with Crippen LogP contribution in [0.25, 0.3) is 0 Å². The van der Waals surface area contributed by atoms with Crippen molar-refractivity contribution in [2.24, 2.45) is 7.05 Å². The van der Waals surface area contributed by atoms with Crippen molar-refractivity contribution in [1.29, 1.82) is 0 Å². The molecule has 0 saturated heterocycles. The molecule has 0 aliphatic heterocycles. The van der Waals surface area contributed by atoms with Crippen molar-refractivity contribution in [2.75, 3.05) is 7.11 Å². The number of ether oxygens (including phenoxy) is 2. The fraction of sp³-hybridized carbons (Fsp3) is 0.438. The third-order valence-electron chi connectivity index (χ3n) is 3.25. The predicted octanol–water partition coefficient (Wildman–Crippen LogP) is 2.51. The summed E-state index contributed by atoms with van der Waals surface area (Å²) in [5.74, 6) is 2.40. The van der Waals surface area contributed by atoms with E-state index < -0.39 is 0 Å². The molecule has 1 aromatic heterocycles. The van der Waals surface area contributed by atoms with Crippen molar-refractivity contribution in [1.82, 2.24) is 14.9 Å². The summed E-state index contributed by atoms with van der Waals surface area (Å²) in [6, 6.07) is 6.35. The molecule has 0 bridgehead atoms. The Hall–Kier alpha value is -2.01. The highest BCUT2D eigenvalue weighted by Crippen LogP contribution is 2.31. The number of imidazole rings is 1. The molecule has 1 aromatic carbocycles. The summed E-state index contributed by atoms with van der Waals surface area (Å²) in [6.45, 7) is 5.40. The quantitative estimate of drug-likeness (QED) is 0.851. The smallest absolute Gasteiger partial charge is 0.166 e. The fourth-order valence-electron chi connectivity index (χ4n) is 2.01. The summed E-state index contributed by atoms with van der Waals surface area (Å²) in [6.07, 6.45) is 3.67. The largest absolute Gasteiger partial charge is 0.493 e. The lowest BCUT2D eigenvalue weighted by atomic mass is 10.1. The van der Waals surface area contributed by atoms with Crippen molar-refractivity contribution < 1.29 is 9.47 Å². The van der Waals surface area contributed by atoms with Gasteiger partial charge in [-0.1, -0.05) is 26.0 Å². The van der Waals surface area contributed by atoms with Crippen LogP contribution in [0.5, 0.6) is 11.5 Å². The zero-order chi connectivity index (χ0) is 15.2. The molecule has 0 amide bonds. The van der Waals surface area contributed by atoms with Gasteiger partial charge in [0.25, 0.3) is 0 Å². The summed E-state index contributed by atoms with van der Waals surface area (Å²) in [4.78, 5) is 4.27. The van der Waals surface area contributed by atoms with E-state index in [2.05, 4.69) is 24.1 Å². The number of nitrogens with one attached hydrogen (secondary N) is 1. The molecular formula is C16H23N3O2. The molecule has 0 aliphatic rings. The number of hydrogen-bond donors (Lipinski definition) is 1. The average Bonchev–Trinajstić information content (AvgIpc) is 2.88. The van der Waals surface area contributed by atoms with Crippen LogP contribution >= 0.6 is 0 Å². The van der Waals surface area contributed by atoms with E-state index in [1.165, 1.54) is 0 Å². The van der Waals surface area contributed by atoms with Crippen LogP contribution in [0.1, 0.15) is 25.2 Å². The van der Waals surface area contributed by atoms with Crippen LogP contribution in [-0.4, -0.2) is 22.7 Å². The predicted molar refractivity (Wildman–Crippen MR) is 82.5 cm³/mol. The summed E-state index contributed by atoms with van der Waals surface area (Å²) in [5, 5.41) is 3.40. The van der Waals surface area contributed by atoms with Gasteiger partial charge in [0.15, 0.2) is 11.5 Å². The first-order chi connectivity index (χ1) is 10.1. The summed E-state index contributed by atoms with van der Waals surface area (Å²) < 4.78 is 13.3. The van der Waals surface area contributed by atoms with Crippen LogP contribution in [0.3, 0.4) is 0 Å². The van der Waals surface area contributed by atoms with Gasteiger partial charge in [-0.25, -0.2) is 4.98 Å². The van der Waals surface area contributed by atoms with Crippen LogP contribution in [0, 0.1) is 0 Å². The van der Waals surface area contributed by atoms with E-state index >= 15 is 0 Å². The lowest BCUT2D eigenvalue weighted by molar-refractivity contribution is 0.269. The molecule has 2 aromatic rings. The van der Waals surface area contributed by atoms with Crippen molar-refractivity contribution >= 4 is 0 Å². The maximum Gasteiger partial charge on any atom is 0.166 e. The second kappa shape index (κ2) is 7.13. The Bertz CT molecular complexity index is 579. The molecule has 0 unspecified atom stereocenters. The van der Waals surface area contributed by atoms with Crippen molar-refractivity contribution in [2.45, 2.75) is 33.0 Å². The number of nitrogens with zero attached hydrogens (tertiary/aromatic N) is 2.